The van der Waals surface area contributed by atoms with Gasteiger partial charge in [0.15, 0.2) is 0 Å². The van der Waals surface area contributed by atoms with E-state index < -0.39 is 0 Å². The minimum absolute atomic E-state index is 0.0530. The van der Waals surface area contributed by atoms with E-state index in [0.717, 1.165) is 17.8 Å². The molecule has 0 radical (unpaired) electrons. The predicted molar refractivity (Wildman–Crippen MR) is 68.0 cm³/mol. The van der Waals surface area contributed by atoms with Crippen LogP contribution >= 0.6 is 0 Å². The van der Waals surface area contributed by atoms with Gasteiger partial charge in [0.05, 0.1) is 5.69 Å². The Morgan fingerprint density at radius 2 is 2.35 bits per heavy atom. The molecule has 2 aromatic heterocycles. The van der Waals surface area contributed by atoms with Crippen molar-refractivity contribution in [3.8, 4) is 0 Å². The third-order valence-corrected chi connectivity index (χ3v) is 2.36. The molecule has 2 heterocycles. The number of pyridine rings is 1. The summed E-state index contributed by atoms with van der Waals surface area (Å²) >= 11 is 0. The highest BCUT2D eigenvalue weighted by molar-refractivity contribution is 5.37. The van der Waals surface area contributed by atoms with Gasteiger partial charge in [-0.2, -0.15) is 0 Å². The largest absolute Gasteiger partial charge is 0.307 e. The van der Waals surface area contributed by atoms with Crippen LogP contribution in [0.15, 0.2) is 47.4 Å². The molecule has 4 nitrogen and oxygen atoms in total. The standard InChI is InChI=1S/C13H15N3O/c1-10(2)8-14-9-11-7-13(17)16-6-4-3-5-12(16)15-11/h3-7,14H,1,8-9H2,2H3. The van der Waals surface area contributed by atoms with Gasteiger partial charge in [0, 0.05) is 25.4 Å². The van der Waals surface area contributed by atoms with Crippen molar-refractivity contribution in [1.82, 2.24) is 14.7 Å². The van der Waals surface area contributed by atoms with Crippen LogP contribution in [0, 0.1) is 0 Å². The Balaban J connectivity index is 2.25. The van der Waals surface area contributed by atoms with E-state index in [1.165, 1.54) is 4.40 Å². The zero-order chi connectivity index (χ0) is 12.3. The summed E-state index contributed by atoms with van der Waals surface area (Å²) in [4.78, 5) is 16.2. The predicted octanol–water partition coefficient (Wildman–Crippen LogP) is 1.36. The van der Waals surface area contributed by atoms with Gasteiger partial charge in [0.2, 0.25) is 0 Å². The van der Waals surface area contributed by atoms with Crippen LogP contribution in [0.3, 0.4) is 0 Å². The second kappa shape index (κ2) is 4.93. The highest BCUT2D eigenvalue weighted by Crippen LogP contribution is 1.98. The average Bonchev–Trinajstić information content (AvgIpc) is 2.28. The molecular weight excluding hydrogens is 214 g/mol. The van der Waals surface area contributed by atoms with Gasteiger partial charge in [-0.05, 0) is 19.1 Å². The van der Waals surface area contributed by atoms with Gasteiger partial charge < -0.3 is 5.32 Å². The van der Waals surface area contributed by atoms with Gasteiger partial charge in [-0.3, -0.25) is 9.20 Å². The molecule has 2 rings (SSSR count). The number of rotatable bonds is 4. The van der Waals surface area contributed by atoms with Crippen molar-refractivity contribution in [2.24, 2.45) is 0 Å². The van der Waals surface area contributed by atoms with Crippen LogP contribution < -0.4 is 10.9 Å². The zero-order valence-electron chi connectivity index (χ0n) is 9.81. The second-order valence-corrected chi connectivity index (χ2v) is 4.08. The molecule has 0 unspecified atom stereocenters. The lowest BCUT2D eigenvalue weighted by Gasteiger charge is -2.05. The molecule has 2 aromatic rings. The Morgan fingerprint density at radius 1 is 1.53 bits per heavy atom. The van der Waals surface area contributed by atoms with Gasteiger partial charge in [-0.25, -0.2) is 4.98 Å². The SMILES string of the molecule is C=C(C)CNCc1cc(=O)n2ccccc2n1. The number of fused-ring (bicyclic) bond motifs is 1. The topological polar surface area (TPSA) is 46.4 Å². The van der Waals surface area contributed by atoms with Gasteiger partial charge in [0.1, 0.15) is 5.65 Å². The first kappa shape index (κ1) is 11.5. The zero-order valence-corrected chi connectivity index (χ0v) is 9.81. The molecule has 0 saturated heterocycles. The van der Waals surface area contributed by atoms with Crippen molar-refractivity contribution in [2.75, 3.05) is 6.54 Å². The Bertz CT molecular complexity index is 601. The smallest absolute Gasteiger partial charge is 0.258 e. The normalized spacial score (nSPS) is 10.6. The summed E-state index contributed by atoms with van der Waals surface area (Å²) in [5, 5.41) is 3.18. The molecular formula is C13H15N3O. The molecule has 0 atom stereocenters. The third-order valence-electron chi connectivity index (χ3n) is 2.36. The number of nitrogens with zero attached hydrogens (tertiary/aromatic N) is 2. The molecule has 0 aliphatic rings. The Hall–Kier alpha value is -1.94. The fraction of sp³-hybridized carbons (Fsp3) is 0.231. The molecule has 0 saturated carbocycles. The van der Waals surface area contributed by atoms with Crippen LogP contribution in [0.2, 0.25) is 0 Å². The van der Waals surface area contributed by atoms with Crippen LogP contribution in [-0.2, 0) is 6.54 Å². The molecule has 1 N–H and O–H groups in total. The van der Waals surface area contributed by atoms with E-state index in [9.17, 15) is 4.79 Å². The molecule has 0 fully saturated rings. The monoisotopic (exact) mass is 229 g/mol. The first-order valence-corrected chi connectivity index (χ1v) is 5.49. The summed E-state index contributed by atoms with van der Waals surface area (Å²) in [5.41, 5.74) is 2.43. The van der Waals surface area contributed by atoms with Crippen molar-refractivity contribution in [3.05, 3.63) is 58.7 Å². The van der Waals surface area contributed by atoms with E-state index >= 15 is 0 Å². The lowest BCUT2D eigenvalue weighted by atomic mass is 10.3. The lowest BCUT2D eigenvalue weighted by molar-refractivity contribution is 0.721. The third kappa shape index (κ3) is 2.79. The summed E-state index contributed by atoms with van der Waals surface area (Å²) in [7, 11) is 0. The van der Waals surface area contributed by atoms with Gasteiger partial charge in [-0.15, -0.1) is 0 Å². The highest BCUT2D eigenvalue weighted by atomic mass is 16.1. The lowest BCUT2D eigenvalue weighted by Crippen LogP contribution is -2.20. The van der Waals surface area contributed by atoms with E-state index in [1.54, 1.807) is 12.3 Å². The van der Waals surface area contributed by atoms with Crippen LogP contribution in [0.25, 0.3) is 5.65 Å². The molecule has 88 valence electrons. The summed E-state index contributed by atoms with van der Waals surface area (Å²) in [6, 6.07) is 7.06. The van der Waals surface area contributed by atoms with E-state index in [1.807, 2.05) is 25.1 Å². The van der Waals surface area contributed by atoms with E-state index in [2.05, 4.69) is 16.9 Å². The Morgan fingerprint density at radius 3 is 3.12 bits per heavy atom. The van der Waals surface area contributed by atoms with Crippen molar-refractivity contribution >= 4 is 5.65 Å². The second-order valence-electron chi connectivity index (χ2n) is 4.08. The molecule has 0 aliphatic heterocycles. The van der Waals surface area contributed by atoms with Crippen molar-refractivity contribution in [3.63, 3.8) is 0 Å². The molecule has 0 amide bonds. The maximum Gasteiger partial charge on any atom is 0.258 e. The first-order chi connectivity index (χ1) is 8.16. The van der Waals surface area contributed by atoms with Crippen molar-refractivity contribution in [2.45, 2.75) is 13.5 Å². The van der Waals surface area contributed by atoms with Crippen molar-refractivity contribution < 1.29 is 0 Å². The average molecular weight is 229 g/mol. The minimum Gasteiger partial charge on any atom is -0.307 e. The molecule has 0 bridgehead atoms. The minimum atomic E-state index is -0.0530. The molecule has 0 spiro atoms. The molecule has 0 aliphatic carbocycles. The Kier molecular flexibility index (Phi) is 3.35. The summed E-state index contributed by atoms with van der Waals surface area (Å²) < 4.78 is 1.53. The van der Waals surface area contributed by atoms with E-state index in [0.29, 0.717) is 12.2 Å². The maximum absolute atomic E-state index is 11.8. The molecule has 4 heteroatoms. The first-order valence-electron chi connectivity index (χ1n) is 5.49. The van der Waals surface area contributed by atoms with Gasteiger partial charge in [-0.1, -0.05) is 18.2 Å². The highest BCUT2D eigenvalue weighted by Gasteiger charge is 2.00. The number of hydrogen-bond acceptors (Lipinski definition) is 3. The fourth-order valence-electron chi connectivity index (χ4n) is 1.60. The van der Waals surface area contributed by atoms with Crippen molar-refractivity contribution in [1.29, 1.82) is 0 Å². The summed E-state index contributed by atoms with van der Waals surface area (Å²) in [5.74, 6) is 0. The van der Waals surface area contributed by atoms with Gasteiger partial charge in [0.25, 0.3) is 5.56 Å². The Labute approximate surface area is 99.6 Å². The maximum atomic E-state index is 11.8. The summed E-state index contributed by atoms with van der Waals surface area (Å²) in [6.45, 7) is 7.07. The van der Waals surface area contributed by atoms with Crippen LogP contribution in [-0.4, -0.2) is 15.9 Å². The molecule has 0 aromatic carbocycles. The molecule has 17 heavy (non-hydrogen) atoms. The number of nitrogens with one attached hydrogen (secondary N) is 1. The van der Waals surface area contributed by atoms with E-state index in [-0.39, 0.29) is 5.56 Å². The van der Waals surface area contributed by atoms with E-state index in [4.69, 9.17) is 0 Å². The summed E-state index contributed by atoms with van der Waals surface area (Å²) in [6.07, 6.45) is 1.72. The van der Waals surface area contributed by atoms with Crippen LogP contribution in [0.1, 0.15) is 12.6 Å². The van der Waals surface area contributed by atoms with Gasteiger partial charge >= 0.3 is 0 Å². The number of hydrogen-bond donors (Lipinski definition) is 1. The quantitative estimate of drug-likeness (QED) is 0.805. The fourth-order valence-corrected chi connectivity index (χ4v) is 1.60. The van der Waals surface area contributed by atoms with Crippen LogP contribution in [0.5, 0.6) is 0 Å². The van der Waals surface area contributed by atoms with Crippen LogP contribution in [0.4, 0.5) is 0 Å². The number of aromatic nitrogens is 2.